The van der Waals surface area contributed by atoms with Gasteiger partial charge in [0.2, 0.25) is 0 Å². The number of hydrogen-bond donors (Lipinski definition) is 2. The molecule has 2 N–H and O–H groups in total. The lowest BCUT2D eigenvalue weighted by Crippen LogP contribution is -2.50. The number of benzene rings is 3. The number of hydrogen-bond acceptors (Lipinski definition) is 3. The third kappa shape index (κ3) is 4.50. The zero-order chi connectivity index (χ0) is 19.2. The molecule has 0 radical (unpaired) electrons. The van der Waals surface area contributed by atoms with E-state index in [1.54, 1.807) is 0 Å². The summed E-state index contributed by atoms with van der Waals surface area (Å²) in [4.78, 5) is 0. The molecule has 0 aromatic heterocycles. The molecule has 3 aromatic carbocycles. The molecule has 1 unspecified atom stereocenters. The van der Waals surface area contributed by atoms with Gasteiger partial charge in [-0.15, -0.1) is 0 Å². The van der Waals surface area contributed by atoms with Crippen LogP contribution in [0.25, 0.3) is 0 Å². The minimum Gasteiger partial charge on any atom is -0.389 e. The first-order valence-corrected chi connectivity index (χ1v) is 9.98. The zero-order valence-corrected chi connectivity index (χ0v) is 15.9. The van der Waals surface area contributed by atoms with E-state index in [0.717, 1.165) is 13.0 Å². The van der Waals surface area contributed by atoms with Crippen molar-refractivity contribution in [3.8, 4) is 0 Å². The van der Waals surface area contributed by atoms with E-state index in [2.05, 4.69) is 66.0 Å². The van der Waals surface area contributed by atoms with Crippen LogP contribution in [0.2, 0.25) is 0 Å². The van der Waals surface area contributed by atoms with Crippen molar-refractivity contribution in [1.29, 1.82) is 0 Å². The number of aliphatic hydroxyl groups excluding tert-OH is 1. The highest BCUT2D eigenvalue weighted by Crippen LogP contribution is 2.34. The molecule has 1 heterocycles. The quantitative estimate of drug-likeness (QED) is 0.683. The van der Waals surface area contributed by atoms with Crippen molar-refractivity contribution in [2.24, 2.45) is 0 Å². The second kappa shape index (κ2) is 9.16. The van der Waals surface area contributed by atoms with E-state index in [1.807, 2.05) is 30.3 Å². The molecule has 0 amide bonds. The van der Waals surface area contributed by atoms with E-state index in [1.165, 1.54) is 16.7 Å². The molecular weight excluding hydrogens is 346 g/mol. The van der Waals surface area contributed by atoms with Gasteiger partial charge < -0.3 is 15.2 Å². The molecule has 1 fully saturated rings. The van der Waals surface area contributed by atoms with E-state index in [9.17, 15) is 5.11 Å². The highest BCUT2D eigenvalue weighted by atomic mass is 16.5. The summed E-state index contributed by atoms with van der Waals surface area (Å²) < 4.78 is 6.15. The summed E-state index contributed by atoms with van der Waals surface area (Å²) in [7, 11) is 0. The Bertz CT molecular complexity index is 799. The minimum atomic E-state index is -0.493. The molecule has 0 aliphatic carbocycles. The molecule has 144 valence electrons. The Morgan fingerprint density at radius 3 is 1.93 bits per heavy atom. The first kappa shape index (κ1) is 18.9. The summed E-state index contributed by atoms with van der Waals surface area (Å²) in [5, 5.41) is 14.0. The number of nitrogens with one attached hydrogen (secondary N) is 1. The Morgan fingerprint density at radius 2 is 1.36 bits per heavy atom. The molecule has 3 atom stereocenters. The first-order chi connectivity index (χ1) is 13.8. The van der Waals surface area contributed by atoms with Gasteiger partial charge in [-0.05, 0) is 23.1 Å². The van der Waals surface area contributed by atoms with Crippen molar-refractivity contribution >= 4 is 0 Å². The van der Waals surface area contributed by atoms with Gasteiger partial charge in [0, 0.05) is 18.5 Å². The Hall–Kier alpha value is -2.46. The Balaban J connectivity index is 1.53. The fourth-order valence-electron chi connectivity index (χ4n) is 4.05. The van der Waals surface area contributed by atoms with Crippen LogP contribution in [0.15, 0.2) is 91.0 Å². The molecule has 4 rings (SSSR count). The smallest absolute Gasteiger partial charge is 0.0927 e. The molecule has 0 bridgehead atoms. The van der Waals surface area contributed by atoms with E-state index in [0.29, 0.717) is 6.61 Å². The van der Waals surface area contributed by atoms with Gasteiger partial charge in [-0.2, -0.15) is 0 Å². The average molecular weight is 373 g/mol. The van der Waals surface area contributed by atoms with Crippen molar-refractivity contribution in [1.82, 2.24) is 5.32 Å². The van der Waals surface area contributed by atoms with Gasteiger partial charge in [0.1, 0.15) is 0 Å². The van der Waals surface area contributed by atoms with Gasteiger partial charge in [0.25, 0.3) is 0 Å². The second-order valence-electron chi connectivity index (χ2n) is 7.45. The predicted molar refractivity (Wildman–Crippen MR) is 112 cm³/mol. The first-order valence-electron chi connectivity index (χ1n) is 9.98. The monoisotopic (exact) mass is 373 g/mol. The summed E-state index contributed by atoms with van der Waals surface area (Å²) in [5.41, 5.74) is 3.72. The van der Waals surface area contributed by atoms with Gasteiger partial charge in [-0.3, -0.25) is 0 Å². The molecule has 3 heteroatoms. The largest absolute Gasteiger partial charge is 0.389 e. The Kier molecular flexibility index (Phi) is 6.17. The maximum absolute atomic E-state index is 10.5. The van der Waals surface area contributed by atoms with Crippen LogP contribution < -0.4 is 5.32 Å². The highest BCUT2D eigenvalue weighted by molar-refractivity contribution is 5.34. The van der Waals surface area contributed by atoms with Gasteiger partial charge in [-0.1, -0.05) is 91.0 Å². The van der Waals surface area contributed by atoms with Gasteiger partial charge in [-0.25, -0.2) is 0 Å². The van der Waals surface area contributed by atoms with Crippen LogP contribution in [0, 0.1) is 0 Å². The molecule has 1 aliphatic rings. The van der Waals surface area contributed by atoms with Crippen molar-refractivity contribution in [2.45, 2.75) is 37.1 Å². The predicted octanol–water partition coefficient (Wildman–Crippen LogP) is 4.13. The van der Waals surface area contributed by atoms with Crippen LogP contribution in [0.4, 0.5) is 0 Å². The molecule has 1 saturated heterocycles. The highest BCUT2D eigenvalue weighted by Gasteiger charge is 2.35. The maximum Gasteiger partial charge on any atom is 0.0927 e. The molecule has 0 saturated carbocycles. The fourth-order valence-corrected chi connectivity index (χ4v) is 4.05. The standard InChI is InChI=1S/C25H27NO2/c27-23-18-28-24(16-22(23)26-17-19-10-4-1-5-11-19)25(20-12-6-2-7-13-20)21-14-8-3-9-15-21/h1-15,22-27H,16-18H2/t22?,23-,24+/m1/s1. The lowest BCUT2D eigenvalue weighted by molar-refractivity contribution is -0.0791. The van der Waals surface area contributed by atoms with Crippen LogP contribution in [-0.4, -0.2) is 30.0 Å². The van der Waals surface area contributed by atoms with E-state index in [4.69, 9.17) is 4.74 Å². The summed E-state index contributed by atoms with van der Waals surface area (Å²) in [6.45, 7) is 1.10. The van der Waals surface area contributed by atoms with Crippen molar-refractivity contribution in [3.63, 3.8) is 0 Å². The summed E-state index contributed by atoms with van der Waals surface area (Å²) >= 11 is 0. The number of aliphatic hydroxyl groups is 1. The van der Waals surface area contributed by atoms with Crippen LogP contribution in [0.1, 0.15) is 29.0 Å². The Labute approximate surface area is 167 Å². The average Bonchev–Trinajstić information content (AvgIpc) is 2.76. The van der Waals surface area contributed by atoms with E-state index in [-0.39, 0.29) is 18.1 Å². The number of ether oxygens (including phenoxy) is 1. The van der Waals surface area contributed by atoms with Crippen LogP contribution in [-0.2, 0) is 11.3 Å². The normalized spacial score (nSPS) is 22.3. The third-order valence-corrected chi connectivity index (χ3v) is 5.53. The molecule has 1 aliphatic heterocycles. The topological polar surface area (TPSA) is 41.5 Å². The molecule has 28 heavy (non-hydrogen) atoms. The minimum absolute atomic E-state index is 0.00822. The molecule has 3 aromatic rings. The third-order valence-electron chi connectivity index (χ3n) is 5.53. The van der Waals surface area contributed by atoms with Gasteiger partial charge in [0.05, 0.1) is 18.8 Å². The van der Waals surface area contributed by atoms with Crippen LogP contribution in [0.3, 0.4) is 0 Å². The summed E-state index contributed by atoms with van der Waals surface area (Å²) in [6.07, 6.45) is 0.288. The van der Waals surface area contributed by atoms with Gasteiger partial charge >= 0.3 is 0 Å². The van der Waals surface area contributed by atoms with Crippen molar-refractivity contribution in [2.75, 3.05) is 6.61 Å². The van der Waals surface area contributed by atoms with E-state index < -0.39 is 6.10 Å². The maximum atomic E-state index is 10.5. The Morgan fingerprint density at radius 1 is 0.821 bits per heavy atom. The SMILES string of the molecule is O[C@@H]1CO[C@H](C(c2ccccc2)c2ccccc2)CC1NCc1ccccc1. The molecular formula is C25H27NO2. The van der Waals surface area contributed by atoms with Crippen molar-refractivity contribution < 1.29 is 9.84 Å². The lowest BCUT2D eigenvalue weighted by Gasteiger charge is -2.38. The second-order valence-corrected chi connectivity index (χ2v) is 7.45. The zero-order valence-electron chi connectivity index (χ0n) is 15.9. The van der Waals surface area contributed by atoms with Gasteiger partial charge in [0.15, 0.2) is 0 Å². The van der Waals surface area contributed by atoms with Crippen LogP contribution >= 0.6 is 0 Å². The molecule has 3 nitrogen and oxygen atoms in total. The van der Waals surface area contributed by atoms with Crippen LogP contribution in [0.5, 0.6) is 0 Å². The summed E-state index contributed by atoms with van der Waals surface area (Å²) in [6, 6.07) is 31.4. The molecule has 0 spiro atoms. The lowest BCUT2D eigenvalue weighted by atomic mass is 9.82. The number of rotatable bonds is 6. The fraction of sp³-hybridized carbons (Fsp3) is 0.280. The summed E-state index contributed by atoms with van der Waals surface area (Å²) in [5.74, 6) is 0.149. The van der Waals surface area contributed by atoms with Crippen molar-refractivity contribution in [3.05, 3.63) is 108 Å². The van der Waals surface area contributed by atoms with E-state index >= 15 is 0 Å².